The van der Waals surface area contributed by atoms with Crippen LogP contribution in [0.5, 0.6) is 0 Å². The van der Waals surface area contributed by atoms with Crippen LogP contribution >= 0.6 is 0 Å². The second kappa shape index (κ2) is 6.80. The lowest BCUT2D eigenvalue weighted by Crippen LogP contribution is -2.11. The number of nitrogens with one attached hydrogen (secondary N) is 1. The summed E-state index contributed by atoms with van der Waals surface area (Å²) in [6.45, 7) is 0. The molecule has 0 spiro atoms. The number of nitrogen functional groups attached to an aromatic ring is 1. The van der Waals surface area contributed by atoms with Gasteiger partial charge in [0.25, 0.3) is 0 Å². The van der Waals surface area contributed by atoms with E-state index in [1.807, 2.05) is 0 Å². The van der Waals surface area contributed by atoms with Gasteiger partial charge in [0.05, 0.1) is 11.3 Å². The molecule has 0 atom stereocenters. The Morgan fingerprint density at radius 1 is 1.00 bits per heavy atom. The van der Waals surface area contributed by atoms with Gasteiger partial charge in [0.15, 0.2) is 0 Å². The van der Waals surface area contributed by atoms with Crippen molar-refractivity contribution in [3.63, 3.8) is 0 Å². The third-order valence-electron chi connectivity index (χ3n) is 1.50. The number of carboxylic acid groups (broad SMARTS) is 3. The number of carboxylic acids is 3. The van der Waals surface area contributed by atoms with Crippen LogP contribution in [0.4, 0.5) is 5.69 Å². The predicted octanol–water partition coefficient (Wildman–Crippen LogP) is -0.174. The van der Waals surface area contributed by atoms with Gasteiger partial charge in [-0.15, -0.1) is 0 Å². The van der Waals surface area contributed by atoms with Crippen LogP contribution < -0.4 is 11.3 Å². The topological polar surface area (TPSA) is 150 Å². The first-order valence-electron chi connectivity index (χ1n) is 4.15. The highest BCUT2D eigenvalue weighted by Gasteiger charge is 2.06. The maximum Gasteiger partial charge on any atom is 0.414 e. The fraction of sp³-hybridized carbons (Fsp3) is 0. The Kier molecular flexibility index (Phi) is 5.75. The van der Waals surface area contributed by atoms with Crippen LogP contribution in [-0.4, -0.2) is 33.2 Å². The molecule has 0 radical (unpaired) electrons. The molecule has 1 aromatic rings. The average Bonchev–Trinajstić information content (AvgIpc) is 2.29. The largest absolute Gasteiger partial charge is 0.478 e. The molecule has 1 aromatic carbocycles. The molecule has 8 heteroatoms. The SMILES string of the molecule is NNc1ccccc1C(=O)O.O=C(O)C(=O)O. The second-order valence-corrected chi connectivity index (χ2v) is 2.61. The fourth-order valence-electron chi connectivity index (χ4n) is 0.795. The first-order chi connectivity index (χ1) is 7.90. The van der Waals surface area contributed by atoms with Crippen molar-refractivity contribution in [3.05, 3.63) is 29.8 Å². The Morgan fingerprint density at radius 2 is 1.47 bits per heavy atom. The minimum atomic E-state index is -1.82. The molecule has 6 N–H and O–H groups in total. The summed E-state index contributed by atoms with van der Waals surface area (Å²) in [5, 5.41) is 23.4. The van der Waals surface area contributed by atoms with E-state index in [0.717, 1.165) is 0 Å². The lowest BCUT2D eigenvalue weighted by Gasteiger charge is -2.02. The van der Waals surface area contributed by atoms with E-state index in [1.165, 1.54) is 6.07 Å². The zero-order valence-corrected chi connectivity index (χ0v) is 8.45. The van der Waals surface area contributed by atoms with Crippen LogP contribution in [-0.2, 0) is 9.59 Å². The van der Waals surface area contributed by atoms with Crippen LogP contribution in [0.2, 0.25) is 0 Å². The number of rotatable bonds is 2. The minimum Gasteiger partial charge on any atom is -0.478 e. The molecule has 0 amide bonds. The summed E-state index contributed by atoms with van der Waals surface area (Å²) in [5.74, 6) is 0.439. The van der Waals surface area contributed by atoms with Crippen molar-refractivity contribution in [1.82, 2.24) is 0 Å². The molecule has 17 heavy (non-hydrogen) atoms. The quantitative estimate of drug-likeness (QED) is 0.272. The van der Waals surface area contributed by atoms with Crippen LogP contribution in [0.1, 0.15) is 10.4 Å². The van der Waals surface area contributed by atoms with Gasteiger partial charge in [0, 0.05) is 0 Å². The monoisotopic (exact) mass is 242 g/mol. The molecule has 0 aromatic heterocycles. The van der Waals surface area contributed by atoms with Crippen molar-refractivity contribution in [3.8, 4) is 0 Å². The van der Waals surface area contributed by atoms with Crippen molar-refractivity contribution in [2.75, 3.05) is 5.43 Å². The van der Waals surface area contributed by atoms with Crippen molar-refractivity contribution < 1.29 is 29.7 Å². The first kappa shape index (κ1) is 14.4. The fourth-order valence-corrected chi connectivity index (χ4v) is 0.795. The number of para-hydroxylation sites is 1. The highest BCUT2D eigenvalue weighted by Crippen LogP contribution is 2.12. The van der Waals surface area contributed by atoms with Crippen LogP contribution in [0.3, 0.4) is 0 Å². The van der Waals surface area contributed by atoms with Gasteiger partial charge in [-0.1, -0.05) is 12.1 Å². The third kappa shape index (κ3) is 5.14. The van der Waals surface area contributed by atoms with Crippen LogP contribution in [0.25, 0.3) is 0 Å². The van der Waals surface area contributed by atoms with Gasteiger partial charge in [0.1, 0.15) is 0 Å². The van der Waals surface area contributed by atoms with Gasteiger partial charge in [-0.3, -0.25) is 5.84 Å². The second-order valence-electron chi connectivity index (χ2n) is 2.61. The number of benzene rings is 1. The van der Waals surface area contributed by atoms with Crippen LogP contribution in [0, 0.1) is 0 Å². The van der Waals surface area contributed by atoms with E-state index in [9.17, 15) is 4.79 Å². The summed E-state index contributed by atoms with van der Waals surface area (Å²) >= 11 is 0. The molecule has 0 unspecified atom stereocenters. The molecule has 0 bridgehead atoms. The van der Waals surface area contributed by atoms with E-state index in [1.54, 1.807) is 18.2 Å². The molecule has 0 aliphatic carbocycles. The normalized spacial score (nSPS) is 8.53. The maximum absolute atomic E-state index is 10.5. The lowest BCUT2D eigenvalue weighted by molar-refractivity contribution is -0.159. The Morgan fingerprint density at radius 3 is 1.76 bits per heavy atom. The van der Waals surface area contributed by atoms with Gasteiger partial charge in [0.2, 0.25) is 0 Å². The molecule has 0 aliphatic rings. The number of hydrogen-bond donors (Lipinski definition) is 5. The summed E-state index contributed by atoms with van der Waals surface area (Å²) < 4.78 is 0. The van der Waals surface area contributed by atoms with Gasteiger partial charge in [-0.05, 0) is 12.1 Å². The van der Waals surface area contributed by atoms with Gasteiger partial charge < -0.3 is 20.7 Å². The molecular weight excluding hydrogens is 232 g/mol. The number of carbonyl (C=O) groups is 3. The summed E-state index contributed by atoms with van der Waals surface area (Å²) in [6.07, 6.45) is 0. The van der Waals surface area contributed by atoms with E-state index in [2.05, 4.69) is 5.43 Å². The molecule has 1 rings (SSSR count). The van der Waals surface area contributed by atoms with Crippen molar-refractivity contribution in [1.29, 1.82) is 0 Å². The van der Waals surface area contributed by atoms with Gasteiger partial charge in [-0.2, -0.15) is 0 Å². The zero-order valence-electron chi connectivity index (χ0n) is 8.45. The highest BCUT2D eigenvalue weighted by molar-refractivity contribution is 6.27. The van der Waals surface area contributed by atoms with Crippen molar-refractivity contribution in [2.45, 2.75) is 0 Å². The Bertz CT molecular complexity index is 419. The van der Waals surface area contributed by atoms with E-state index in [0.29, 0.717) is 5.69 Å². The smallest absolute Gasteiger partial charge is 0.414 e. The zero-order chi connectivity index (χ0) is 13.4. The molecule has 92 valence electrons. The standard InChI is InChI=1S/C7H8N2O2.C2H2O4/c8-9-6-4-2-1-3-5(6)7(10)11;3-1(4)2(5)6/h1-4,9H,8H2,(H,10,11);(H,3,4)(H,5,6). The van der Waals surface area contributed by atoms with Gasteiger partial charge in [-0.25, -0.2) is 14.4 Å². The Balaban J connectivity index is 0.000000366. The number of aliphatic carboxylic acids is 2. The predicted molar refractivity (Wildman–Crippen MR) is 56.5 cm³/mol. The minimum absolute atomic E-state index is 0.176. The summed E-state index contributed by atoms with van der Waals surface area (Å²) in [4.78, 5) is 28.7. The molecule has 0 heterocycles. The van der Waals surface area contributed by atoms with Gasteiger partial charge >= 0.3 is 17.9 Å². The molecule has 0 saturated heterocycles. The average molecular weight is 242 g/mol. The van der Waals surface area contributed by atoms with Crippen LogP contribution in [0.15, 0.2) is 24.3 Å². The molecule has 0 fully saturated rings. The van der Waals surface area contributed by atoms with Crippen molar-refractivity contribution in [2.24, 2.45) is 5.84 Å². The van der Waals surface area contributed by atoms with E-state index in [-0.39, 0.29) is 5.56 Å². The summed E-state index contributed by atoms with van der Waals surface area (Å²) in [5.41, 5.74) is 2.89. The van der Waals surface area contributed by atoms with E-state index < -0.39 is 17.9 Å². The first-order valence-corrected chi connectivity index (χ1v) is 4.15. The molecular formula is C9H10N2O6. The Hall–Kier alpha value is -2.61. The highest BCUT2D eigenvalue weighted by atomic mass is 16.4. The summed E-state index contributed by atoms with van der Waals surface area (Å²) in [7, 11) is 0. The third-order valence-corrected chi connectivity index (χ3v) is 1.50. The van der Waals surface area contributed by atoms with Crippen molar-refractivity contribution >= 4 is 23.6 Å². The number of hydrogen-bond acceptors (Lipinski definition) is 5. The number of aromatic carboxylic acids is 1. The number of nitrogens with two attached hydrogens (primary N) is 1. The van der Waals surface area contributed by atoms with E-state index >= 15 is 0 Å². The summed E-state index contributed by atoms with van der Waals surface area (Å²) in [6, 6.07) is 6.44. The maximum atomic E-state index is 10.5. The number of hydrazine groups is 1. The number of anilines is 1. The molecule has 8 nitrogen and oxygen atoms in total. The molecule has 0 aliphatic heterocycles. The lowest BCUT2D eigenvalue weighted by atomic mass is 10.2. The molecule has 0 saturated carbocycles. The Labute approximate surface area is 95.3 Å². The van der Waals surface area contributed by atoms with E-state index in [4.69, 9.17) is 30.8 Å².